The molecule has 0 fully saturated rings. The van der Waals surface area contributed by atoms with Crippen LogP contribution >= 0.6 is 47.8 Å². The molecule has 108 valence electrons. The van der Waals surface area contributed by atoms with Crippen LogP contribution in [0, 0.1) is 0 Å². The van der Waals surface area contributed by atoms with Gasteiger partial charge in [0.25, 0.3) is 0 Å². The Hall–Kier alpha value is -0.330. The van der Waals surface area contributed by atoms with E-state index in [0.29, 0.717) is 6.61 Å². The molecule has 0 aliphatic heterocycles. The van der Waals surface area contributed by atoms with Gasteiger partial charge in [0.15, 0.2) is 0 Å². The lowest BCUT2D eigenvalue weighted by molar-refractivity contribution is 0.291. The summed E-state index contributed by atoms with van der Waals surface area (Å²) in [7, 11) is 1.94. The molecule has 1 aromatic heterocycles. The molecule has 0 saturated carbocycles. The maximum atomic E-state index is 5.92. The number of aryl methyl sites for hydroxylation is 2. The lowest BCUT2D eigenvalue weighted by Gasteiger charge is -2.11. The maximum absolute atomic E-state index is 5.92. The van der Waals surface area contributed by atoms with Gasteiger partial charge in [-0.2, -0.15) is 5.10 Å². The van der Waals surface area contributed by atoms with Crippen LogP contribution in [-0.2, 0) is 25.4 Å². The minimum atomic E-state index is 0.494. The van der Waals surface area contributed by atoms with E-state index in [1.807, 2.05) is 11.7 Å². The Bertz CT molecular complexity index is 587. The molecule has 2 aromatic rings. The van der Waals surface area contributed by atoms with Crippen molar-refractivity contribution >= 4 is 47.8 Å². The summed E-state index contributed by atoms with van der Waals surface area (Å²) >= 11 is 10.6. The zero-order valence-corrected chi connectivity index (χ0v) is 16.0. The van der Waals surface area contributed by atoms with Gasteiger partial charge in [0, 0.05) is 12.4 Å². The number of benzene rings is 1. The van der Waals surface area contributed by atoms with E-state index in [1.165, 1.54) is 5.56 Å². The minimum Gasteiger partial charge on any atom is -0.485 e. The smallest absolute Gasteiger partial charge is 0.148 e. The molecule has 6 heteroatoms. The van der Waals surface area contributed by atoms with Crippen molar-refractivity contribution in [1.82, 2.24) is 9.78 Å². The summed E-state index contributed by atoms with van der Waals surface area (Å²) in [4.78, 5) is 0. The Morgan fingerprint density at radius 3 is 2.35 bits per heavy atom. The molecule has 0 aliphatic rings. The first-order valence-corrected chi connectivity index (χ1v) is 8.94. The molecule has 0 spiro atoms. The highest BCUT2D eigenvalue weighted by Crippen LogP contribution is 2.35. The second kappa shape index (κ2) is 7.09. The molecule has 0 saturated heterocycles. The fourth-order valence-electron chi connectivity index (χ4n) is 1.85. The summed E-state index contributed by atoms with van der Waals surface area (Å²) in [6.07, 6.45) is 0.932. The normalized spacial score (nSPS) is 10.8. The summed E-state index contributed by atoms with van der Waals surface area (Å²) in [5.74, 6) is 0.814. The third-order valence-electron chi connectivity index (χ3n) is 2.97. The van der Waals surface area contributed by atoms with Crippen LogP contribution in [0.15, 0.2) is 27.1 Å². The van der Waals surface area contributed by atoms with Crippen molar-refractivity contribution in [2.24, 2.45) is 7.05 Å². The number of alkyl halides is 1. The first kappa shape index (κ1) is 16.0. The van der Waals surface area contributed by atoms with Crippen LogP contribution in [0.4, 0.5) is 0 Å². The standard InChI is InChI=1S/C14H15Br3N2O/c1-3-10-6-11(19(2)18-10)8-20-14-12(16)4-9(7-15)5-13(14)17/h4-6H,3,7-8H2,1-2H3. The number of hydrogen-bond donors (Lipinski definition) is 0. The summed E-state index contributed by atoms with van der Waals surface area (Å²) in [6.45, 7) is 2.59. The predicted molar refractivity (Wildman–Crippen MR) is 91.4 cm³/mol. The average molecular weight is 467 g/mol. The zero-order chi connectivity index (χ0) is 14.7. The predicted octanol–water partition coefficient (Wildman–Crippen LogP) is 4.98. The van der Waals surface area contributed by atoms with Gasteiger partial charge < -0.3 is 4.74 Å². The topological polar surface area (TPSA) is 27.1 Å². The van der Waals surface area contributed by atoms with Crippen LogP contribution in [0.1, 0.15) is 23.9 Å². The third-order valence-corrected chi connectivity index (χ3v) is 4.79. The molecule has 1 aromatic carbocycles. The largest absolute Gasteiger partial charge is 0.485 e. The zero-order valence-electron chi connectivity index (χ0n) is 11.3. The molecule has 1 heterocycles. The summed E-state index contributed by atoms with van der Waals surface area (Å²) < 4.78 is 9.68. The van der Waals surface area contributed by atoms with Gasteiger partial charge in [-0.1, -0.05) is 22.9 Å². The minimum absolute atomic E-state index is 0.494. The molecule has 0 aliphatic carbocycles. The van der Waals surface area contributed by atoms with Crippen LogP contribution in [-0.4, -0.2) is 9.78 Å². The molecule has 0 unspecified atom stereocenters. The quantitative estimate of drug-likeness (QED) is 0.581. The molecule has 0 amide bonds. The van der Waals surface area contributed by atoms with Gasteiger partial charge in [0.2, 0.25) is 0 Å². The summed E-state index contributed by atoms with van der Waals surface area (Å²) in [5, 5.41) is 5.23. The number of halogens is 3. The van der Waals surface area contributed by atoms with E-state index in [4.69, 9.17) is 4.74 Å². The lowest BCUT2D eigenvalue weighted by atomic mass is 10.2. The van der Waals surface area contributed by atoms with Gasteiger partial charge in [-0.15, -0.1) is 0 Å². The molecule has 0 atom stereocenters. The van der Waals surface area contributed by atoms with Crippen molar-refractivity contribution in [2.75, 3.05) is 0 Å². The Balaban J connectivity index is 2.16. The van der Waals surface area contributed by atoms with E-state index in [0.717, 1.165) is 37.8 Å². The number of nitrogens with zero attached hydrogens (tertiary/aromatic N) is 2. The van der Waals surface area contributed by atoms with E-state index >= 15 is 0 Å². The van der Waals surface area contributed by atoms with Crippen molar-refractivity contribution in [2.45, 2.75) is 25.3 Å². The van der Waals surface area contributed by atoms with Gasteiger partial charge in [0.05, 0.1) is 20.3 Å². The second-order valence-electron chi connectivity index (χ2n) is 4.42. The van der Waals surface area contributed by atoms with Crippen molar-refractivity contribution in [3.63, 3.8) is 0 Å². The third kappa shape index (κ3) is 3.65. The van der Waals surface area contributed by atoms with Crippen molar-refractivity contribution < 1.29 is 4.74 Å². The highest BCUT2D eigenvalue weighted by molar-refractivity contribution is 9.11. The SMILES string of the molecule is CCc1cc(COc2c(Br)cc(CBr)cc2Br)n(C)n1. The maximum Gasteiger partial charge on any atom is 0.148 e. The van der Waals surface area contributed by atoms with Gasteiger partial charge in [-0.25, -0.2) is 0 Å². The van der Waals surface area contributed by atoms with Crippen LogP contribution < -0.4 is 4.74 Å². The fourth-order valence-corrected chi connectivity index (χ4v) is 3.69. The molecular formula is C14H15Br3N2O. The summed E-state index contributed by atoms with van der Waals surface area (Å²) in [5.41, 5.74) is 3.33. The Kier molecular flexibility index (Phi) is 5.69. The van der Waals surface area contributed by atoms with Crippen LogP contribution in [0.5, 0.6) is 5.75 Å². The summed E-state index contributed by atoms with van der Waals surface area (Å²) in [6, 6.07) is 6.18. The highest BCUT2D eigenvalue weighted by atomic mass is 79.9. The Morgan fingerprint density at radius 2 is 1.85 bits per heavy atom. The van der Waals surface area contributed by atoms with Gasteiger partial charge in [-0.05, 0) is 62.0 Å². The number of hydrogen-bond acceptors (Lipinski definition) is 2. The first-order chi connectivity index (χ1) is 9.55. The molecule has 3 nitrogen and oxygen atoms in total. The van der Waals surface area contributed by atoms with E-state index < -0.39 is 0 Å². The first-order valence-electron chi connectivity index (χ1n) is 6.23. The van der Waals surface area contributed by atoms with Gasteiger partial charge in [0.1, 0.15) is 12.4 Å². The molecular weight excluding hydrogens is 452 g/mol. The highest BCUT2D eigenvalue weighted by Gasteiger charge is 2.11. The van der Waals surface area contributed by atoms with Crippen LogP contribution in [0.25, 0.3) is 0 Å². The molecule has 0 bridgehead atoms. The number of aromatic nitrogens is 2. The van der Waals surface area contributed by atoms with E-state index in [1.54, 1.807) is 0 Å². The van der Waals surface area contributed by atoms with Gasteiger partial charge >= 0.3 is 0 Å². The molecule has 0 radical (unpaired) electrons. The molecule has 0 N–H and O–H groups in total. The van der Waals surface area contributed by atoms with Crippen molar-refractivity contribution in [3.8, 4) is 5.75 Å². The van der Waals surface area contributed by atoms with E-state index in [9.17, 15) is 0 Å². The number of rotatable bonds is 5. The van der Waals surface area contributed by atoms with E-state index in [2.05, 4.69) is 78.0 Å². The number of ether oxygens (including phenoxy) is 1. The monoisotopic (exact) mass is 464 g/mol. The fraction of sp³-hybridized carbons (Fsp3) is 0.357. The van der Waals surface area contributed by atoms with Crippen molar-refractivity contribution in [3.05, 3.63) is 44.1 Å². The van der Waals surface area contributed by atoms with Gasteiger partial charge in [-0.3, -0.25) is 4.68 Å². The van der Waals surface area contributed by atoms with E-state index in [-0.39, 0.29) is 0 Å². The van der Waals surface area contributed by atoms with Crippen LogP contribution in [0.2, 0.25) is 0 Å². The second-order valence-corrected chi connectivity index (χ2v) is 6.68. The Labute approximate surface area is 144 Å². The van der Waals surface area contributed by atoms with Crippen molar-refractivity contribution in [1.29, 1.82) is 0 Å². The molecule has 20 heavy (non-hydrogen) atoms. The average Bonchev–Trinajstić information content (AvgIpc) is 2.78. The lowest BCUT2D eigenvalue weighted by Crippen LogP contribution is -2.04. The molecule has 2 rings (SSSR count). The van der Waals surface area contributed by atoms with Crippen LogP contribution in [0.3, 0.4) is 0 Å². The Morgan fingerprint density at radius 1 is 1.20 bits per heavy atom.